The first-order chi connectivity index (χ1) is 23.1. The Morgan fingerprint density at radius 3 is 0.936 bits per heavy atom. The molecule has 1 heterocycles. The lowest BCUT2D eigenvalue weighted by Gasteiger charge is -2.19. The Labute approximate surface area is 292 Å². The van der Waals surface area contributed by atoms with E-state index in [1.54, 1.807) is 0 Å². The second-order valence-corrected chi connectivity index (χ2v) is 14.9. The molecule has 5 heteroatoms. The van der Waals surface area contributed by atoms with Crippen LogP contribution in [-0.2, 0) is 19.2 Å². The number of unbranched alkanes of at least 4 members (excludes halogenated alkanes) is 30. The molecule has 1 saturated heterocycles. The highest BCUT2D eigenvalue weighted by Gasteiger charge is 2.34. The number of nitrogens with zero attached hydrogens (tertiary/aromatic N) is 1. The molecule has 0 spiro atoms. The van der Waals surface area contributed by atoms with Gasteiger partial charge in [-0.15, -0.1) is 5.06 Å². The van der Waals surface area contributed by atoms with Crippen molar-refractivity contribution in [3.05, 3.63) is 0 Å². The van der Waals surface area contributed by atoms with Crippen molar-refractivity contribution >= 4 is 17.8 Å². The molecule has 0 bridgehead atoms. The van der Waals surface area contributed by atoms with Crippen LogP contribution in [0.25, 0.3) is 0 Å². The Bertz CT molecular complexity index is 686. The summed E-state index contributed by atoms with van der Waals surface area (Å²) >= 11 is 0. The van der Waals surface area contributed by atoms with Crippen molar-refractivity contribution < 1.29 is 19.2 Å². The standard InChI is InChI=1S/C42H79NO4/c1-3-5-7-9-11-13-15-17-19-21-23-25-27-29-31-33-35-39(42(46)47-43-40(44)37-38-41(43)45)36-34-32-30-28-26-24-22-20-18-16-14-12-10-8-6-4-2/h39H,3-38H2,1-2H3. The van der Waals surface area contributed by atoms with E-state index in [0.29, 0.717) is 0 Å². The van der Waals surface area contributed by atoms with E-state index in [-0.39, 0.29) is 36.5 Å². The molecular formula is C42H79NO4. The average Bonchev–Trinajstić information content (AvgIpc) is 3.38. The van der Waals surface area contributed by atoms with Crippen LogP contribution in [0, 0.1) is 5.92 Å². The van der Waals surface area contributed by atoms with Crippen molar-refractivity contribution in [1.82, 2.24) is 5.06 Å². The molecule has 2 amide bonds. The lowest BCUT2D eigenvalue weighted by Crippen LogP contribution is -2.34. The van der Waals surface area contributed by atoms with Crippen LogP contribution in [0.1, 0.15) is 245 Å². The molecule has 0 radical (unpaired) electrons. The lowest BCUT2D eigenvalue weighted by atomic mass is 9.94. The van der Waals surface area contributed by atoms with Gasteiger partial charge in [0.2, 0.25) is 0 Å². The van der Waals surface area contributed by atoms with Crippen LogP contribution < -0.4 is 0 Å². The van der Waals surface area contributed by atoms with Crippen LogP contribution in [0.3, 0.4) is 0 Å². The van der Waals surface area contributed by atoms with E-state index in [9.17, 15) is 14.4 Å². The average molecular weight is 662 g/mol. The van der Waals surface area contributed by atoms with Gasteiger partial charge in [-0.2, -0.15) is 0 Å². The van der Waals surface area contributed by atoms with Gasteiger partial charge >= 0.3 is 5.97 Å². The number of hydrogen-bond acceptors (Lipinski definition) is 4. The fourth-order valence-corrected chi connectivity index (χ4v) is 7.08. The van der Waals surface area contributed by atoms with Gasteiger partial charge < -0.3 is 4.84 Å². The summed E-state index contributed by atoms with van der Waals surface area (Å²) in [5, 5.41) is 0.733. The van der Waals surface area contributed by atoms with E-state index in [1.165, 1.54) is 180 Å². The lowest BCUT2D eigenvalue weighted by molar-refractivity contribution is -0.201. The zero-order chi connectivity index (χ0) is 34.0. The molecule has 0 atom stereocenters. The van der Waals surface area contributed by atoms with Gasteiger partial charge in [0.15, 0.2) is 0 Å². The molecule has 5 nitrogen and oxygen atoms in total. The van der Waals surface area contributed by atoms with Crippen LogP contribution in [0.4, 0.5) is 0 Å². The number of carbonyl (C=O) groups is 3. The molecule has 0 aliphatic carbocycles. The summed E-state index contributed by atoms with van der Waals surface area (Å²) in [6, 6.07) is 0. The van der Waals surface area contributed by atoms with Crippen LogP contribution >= 0.6 is 0 Å². The molecule has 1 aliphatic rings. The van der Waals surface area contributed by atoms with Crippen molar-refractivity contribution in [1.29, 1.82) is 0 Å². The second kappa shape index (κ2) is 33.1. The number of hydrogen-bond donors (Lipinski definition) is 0. The molecule has 47 heavy (non-hydrogen) atoms. The number of amides is 2. The maximum atomic E-state index is 13.0. The van der Waals surface area contributed by atoms with E-state index in [0.717, 1.165) is 43.6 Å². The summed E-state index contributed by atoms with van der Waals surface area (Å²) in [6.45, 7) is 4.56. The smallest absolute Gasteiger partial charge is 0.330 e. The Hall–Kier alpha value is -1.39. The maximum Gasteiger partial charge on any atom is 0.336 e. The van der Waals surface area contributed by atoms with Gasteiger partial charge in [-0.05, 0) is 12.8 Å². The Kier molecular flexibility index (Phi) is 30.7. The Morgan fingerprint density at radius 2 is 0.681 bits per heavy atom. The van der Waals surface area contributed by atoms with Gasteiger partial charge in [0.1, 0.15) is 0 Å². The minimum atomic E-state index is -0.382. The zero-order valence-corrected chi connectivity index (χ0v) is 31.6. The van der Waals surface area contributed by atoms with E-state index >= 15 is 0 Å². The van der Waals surface area contributed by atoms with Crippen molar-refractivity contribution in [3.63, 3.8) is 0 Å². The highest BCUT2D eigenvalue weighted by molar-refractivity contribution is 6.01. The molecule has 0 saturated carbocycles. The highest BCUT2D eigenvalue weighted by atomic mass is 16.7. The minimum Gasteiger partial charge on any atom is -0.330 e. The summed E-state index contributed by atoms with van der Waals surface area (Å²) < 4.78 is 0. The molecule has 1 aliphatic heterocycles. The van der Waals surface area contributed by atoms with Crippen molar-refractivity contribution in [2.75, 3.05) is 0 Å². The fourth-order valence-electron chi connectivity index (χ4n) is 7.08. The minimum absolute atomic E-state index is 0.148. The summed E-state index contributed by atoms with van der Waals surface area (Å²) in [6.07, 6.45) is 44.5. The molecule has 1 rings (SSSR count). The quantitative estimate of drug-likeness (QED) is 0.0495. The SMILES string of the molecule is CCCCCCCCCCCCCCCCCCC(CCCCCCCCCCCCCCCCCC)C(=O)ON1C(=O)CCC1=O. The number of imide groups is 1. The molecule has 0 aromatic rings. The summed E-state index contributed by atoms with van der Waals surface area (Å²) in [4.78, 5) is 42.4. The molecule has 276 valence electrons. The van der Waals surface area contributed by atoms with E-state index in [2.05, 4.69) is 13.8 Å². The molecule has 0 N–H and O–H groups in total. The molecular weight excluding hydrogens is 582 g/mol. The first-order valence-corrected chi connectivity index (χ1v) is 21.2. The molecule has 0 aromatic carbocycles. The monoisotopic (exact) mass is 662 g/mol. The summed E-state index contributed by atoms with van der Waals surface area (Å²) in [7, 11) is 0. The summed E-state index contributed by atoms with van der Waals surface area (Å²) in [5.74, 6) is -1.36. The fraction of sp³-hybridized carbons (Fsp3) is 0.929. The van der Waals surface area contributed by atoms with Crippen LogP contribution in [0.2, 0.25) is 0 Å². The number of carbonyl (C=O) groups excluding carboxylic acids is 3. The maximum absolute atomic E-state index is 13.0. The molecule has 0 unspecified atom stereocenters. The van der Waals surface area contributed by atoms with E-state index in [1.807, 2.05) is 0 Å². The predicted octanol–water partition coefficient (Wildman–Crippen LogP) is 13.5. The predicted molar refractivity (Wildman–Crippen MR) is 199 cm³/mol. The van der Waals surface area contributed by atoms with Crippen LogP contribution in [0.15, 0.2) is 0 Å². The third-order valence-corrected chi connectivity index (χ3v) is 10.3. The van der Waals surface area contributed by atoms with Crippen molar-refractivity contribution in [2.24, 2.45) is 5.92 Å². The Balaban J connectivity index is 2.11. The number of hydroxylamine groups is 2. The number of rotatable bonds is 36. The Morgan fingerprint density at radius 1 is 0.447 bits per heavy atom. The summed E-state index contributed by atoms with van der Waals surface area (Å²) in [5.41, 5.74) is 0. The van der Waals surface area contributed by atoms with Crippen LogP contribution in [-0.4, -0.2) is 22.8 Å². The zero-order valence-electron chi connectivity index (χ0n) is 31.6. The van der Waals surface area contributed by atoms with Gasteiger partial charge in [0.05, 0.1) is 5.92 Å². The van der Waals surface area contributed by atoms with Gasteiger partial charge in [-0.25, -0.2) is 4.79 Å². The van der Waals surface area contributed by atoms with Gasteiger partial charge in [0.25, 0.3) is 11.8 Å². The van der Waals surface area contributed by atoms with E-state index < -0.39 is 0 Å². The third kappa shape index (κ3) is 26.2. The van der Waals surface area contributed by atoms with E-state index in [4.69, 9.17) is 4.84 Å². The first kappa shape index (κ1) is 43.6. The molecule has 1 fully saturated rings. The van der Waals surface area contributed by atoms with Crippen molar-refractivity contribution in [3.8, 4) is 0 Å². The topological polar surface area (TPSA) is 63.7 Å². The molecule has 0 aromatic heterocycles. The highest BCUT2D eigenvalue weighted by Crippen LogP contribution is 2.23. The second-order valence-electron chi connectivity index (χ2n) is 14.9. The van der Waals surface area contributed by atoms with Crippen LogP contribution in [0.5, 0.6) is 0 Å². The van der Waals surface area contributed by atoms with Gasteiger partial charge in [0, 0.05) is 12.8 Å². The third-order valence-electron chi connectivity index (χ3n) is 10.3. The van der Waals surface area contributed by atoms with Gasteiger partial charge in [-0.3, -0.25) is 9.59 Å². The van der Waals surface area contributed by atoms with Gasteiger partial charge in [-0.1, -0.05) is 219 Å². The first-order valence-electron chi connectivity index (χ1n) is 21.2. The van der Waals surface area contributed by atoms with Crippen molar-refractivity contribution in [2.45, 2.75) is 245 Å². The normalized spacial score (nSPS) is 13.4. The largest absolute Gasteiger partial charge is 0.336 e.